The van der Waals surface area contributed by atoms with Crippen molar-refractivity contribution < 1.29 is 90.0 Å². The molecule has 2 heterocycles. The number of likely N-dealkylation sites (tertiary alicyclic amines) is 1. The molecule has 7 aromatic carbocycles. The lowest BCUT2D eigenvalue weighted by atomic mass is 9.74. The van der Waals surface area contributed by atoms with E-state index in [4.69, 9.17) is 55.9 Å². The number of urea groups is 1. The number of quaternary nitrogens is 1. The summed E-state index contributed by atoms with van der Waals surface area (Å²) < 4.78 is 200. The molecule has 29 heteroatoms. The quantitative estimate of drug-likeness (QED) is 0.0318. The van der Waals surface area contributed by atoms with Gasteiger partial charge in [0.2, 0.25) is 6.08 Å². The molecule has 0 aromatic heterocycles. The van der Waals surface area contributed by atoms with Crippen LogP contribution in [0.15, 0.2) is 180 Å². The van der Waals surface area contributed by atoms with E-state index >= 15 is 0 Å². The van der Waals surface area contributed by atoms with E-state index < -0.39 is 69.1 Å². The fourth-order valence-electron chi connectivity index (χ4n) is 11.1. The fraction of sp³-hybridized carbons (Fsp3) is 0.389. The average Bonchev–Trinajstić information content (AvgIpc) is 0.804. The van der Waals surface area contributed by atoms with Crippen molar-refractivity contribution in [2.24, 2.45) is 4.99 Å². The first-order valence-corrected chi connectivity index (χ1v) is 34.7. The molecule has 2 saturated heterocycles. The Morgan fingerprint density at radius 1 is 0.634 bits per heavy atom. The Balaban J connectivity index is 0.000000301. The van der Waals surface area contributed by atoms with Gasteiger partial charge < -0.3 is 29.6 Å². The van der Waals surface area contributed by atoms with Gasteiger partial charge in [0, 0.05) is 46.3 Å². The maximum Gasteiger partial charge on any atom is 0.416 e. The molecule has 2 aliphatic heterocycles. The van der Waals surface area contributed by atoms with Crippen LogP contribution >= 0.6 is 46.4 Å². The second-order valence-electron chi connectivity index (χ2n) is 24.0. The zero-order chi connectivity index (χ0) is 75.4. The van der Waals surface area contributed by atoms with Crippen molar-refractivity contribution in [2.75, 3.05) is 56.6 Å². The van der Waals surface area contributed by atoms with Gasteiger partial charge in [-0.15, -0.1) is 23.2 Å². The summed E-state index contributed by atoms with van der Waals surface area (Å²) in [5.41, 5.74) is -2.87. The Hall–Kier alpha value is -6.74. The maximum atomic E-state index is 13.3. The first-order chi connectivity index (χ1) is 47.3. The molecule has 552 valence electrons. The van der Waals surface area contributed by atoms with Gasteiger partial charge in [0.25, 0.3) is 0 Å². The molecule has 2 atom stereocenters. The van der Waals surface area contributed by atoms with Gasteiger partial charge in [-0.2, -0.15) is 57.7 Å². The van der Waals surface area contributed by atoms with Gasteiger partial charge in [-0.05, 0) is 186 Å². The first-order valence-electron chi connectivity index (χ1n) is 31.5. The first kappa shape index (κ1) is 86.7. The SMILES string of the molecule is CCN(C(C)C)C(C)C.Cc1ccc(S(=O)(=O)[O-])cc1.ClCCl.FC(F)(F)c1cc(COCC2(c3ccccc3)CCC[NH2+]C2)cc(C(F)(F)F)c1.O=C(Nc1ccc(Cl)cc1)N1CCCC(COCc2cc(C(F)(F)F)cc(C(F)(F)F)c2)(c2ccccc2)C1.O=C=Nc1ccc(Cl)cc1. The van der Waals surface area contributed by atoms with E-state index in [1.807, 2.05) is 67.6 Å². The summed E-state index contributed by atoms with van der Waals surface area (Å²) in [7, 11) is -4.27. The number of rotatable bonds is 16. The van der Waals surface area contributed by atoms with Gasteiger partial charge in [-0.3, -0.25) is 4.90 Å². The van der Waals surface area contributed by atoms with E-state index in [1.54, 1.807) is 65.6 Å². The molecule has 12 nitrogen and oxygen atoms in total. The zero-order valence-corrected chi connectivity index (χ0v) is 59.8. The number of halogens is 16. The number of nitrogens with one attached hydrogen (secondary N) is 1. The van der Waals surface area contributed by atoms with Gasteiger partial charge in [-0.25, -0.2) is 18.0 Å². The number of carbonyl (C=O) groups is 1. The number of aryl methyl sites for hydroxylation is 1. The summed E-state index contributed by atoms with van der Waals surface area (Å²) in [5.74, 6) is 0. The molecular formula is C72H79Cl4F12N5O7S. The molecule has 0 aliphatic carbocycles. The van der Waals surface area contributed by atoms with Crippen LogP contribution < -0.4 is 10.6 Å². The van der Waals surface area contributed by atoms with Gasteiger partial charge in [0.1, 0.15) is 10.1 Å². The van der Waals surface area contributed by atoms with Crippen molar-refractivity contribution >= 4 is 80.0 Å². The largest absolute Gasteiger partial charge is 0.744 e. The molecule has 2 fully saturated rings. The number of isocyanates is 1. The number of nitrogens with two attached hydrogens (primary N) is 1. The number of benzene rings is 7. The molecule has 3 N–H and O–H groups in total. The number of alkyl halides is 14. The number of ether oxygens (including phenoxy) is 2. The highest BCUT2D eigenvalue weighted by molar-refractivity contribution is 7.85. The Bertz CT molecular complexity index is 3720. The second-order valence-corrected chi connectivity index (χ2v) is 27.1. The number of amides is 2. The molecule has 0 spiro atoms. The lowest BCUT2D eigenvalue weighted by molar-refractivity contribution is -0.671. The van der Waals surface area contributed by atoms with E-state index in [-0.39, 0.29) is 71.3 Å². The lowest BCUT2D eigenvalue weighted by Crippen LogP contribution is -2.90. The molecule has 7 aromatic rings. The van der Waals surface area contributed by atoms with Crippen LogP contribution in [-0.4, -0.2) is 98.2 Å². The third kappa shape index (κ3) is 29.5. The molecule has 2 amide bonds. The molecule has 101 heavy (non-hydrogen) atoms. The summed E-state index contributed by atoms with van der Waals surface area (Å²) in [6.07, 6.45) is -15.1. The van der Waals surface area contributed by atoms with Crippen molar-refractivity contribution in [3.63, 3.8) is 0 Å². The molecule has 0 bridgehead atoms. The van der Waals surface area contributed by atoms with Crippen LogP contribution in [0.25, 0.3) is 0 Å². The summed E-state index contributed by atoms with van der Waals surface area (Å²) in [6, 6.07) is 42.0. The predicted molar refractivity (Wildman–Crippen MR) is 368 cm³/mol. The number of piperidine rings is 2. The number of carbonyl (C=O) groups excluding carboxylic acids is 2. The van der Waals surface area contributed by atoms with E-state index in [2.05, 4.69) is 55.1 Å². The van der Waals surface area contributed by atoms with Crippen molar-refractivity contribution in [3.05, 3.63) is 230 Å². The highest BCUT2D eigenvalue weighted by atomic mass is 35.5. The van der Waals surface area contributed by atoms with Crippen LogP contribution in [0.3, 0.4) is 0 Å². The molecule has 0 saturated carbocycles. The number of hydrogen-bond donors (Lipinski definition) is 2. The van der Waals surface area contributed by atoms with Crippen LogP contribution in [-0.2, 0) is 73.1 Å². The van der Waals surface area contributed by atoms with Gasteiger partial charge in [0.15, 0.2) is 0 Å². The summed E-state index contributed by atoms with van der Waals surface area (Å²) in [5, 5.41) is 6.33. The van der Waals surface area contributed by atoms with E-state index in [0.717, 1.165) is 61.3 Å². The fourth-order valence-corrected chi connectivity index (χ4v) is 11.9. The van der Waals surface area contributed by atoms with Crippen LogP contribution in [0.5, 0.6) is 0 Å². The third-order valence-corrected chi connectivity index (χ3v) is 17.3. The minimum absolute atomic E-state index is 0.0145. The van der Waals surface area contributed by atoms with Gasteiger partial charge in [0.05, 0.1) is 83.1 Å². The predicted octanol–water partition coefficient (Wildman–Crippen LogP) is 19.4. The normalized spacial score (nSPS) is 16.3. The Kier molecular flexibility index (Phi) is 34.6. The van der Waals surface area contributed by atoms with E-state index in [9.17, 15) is 75.2 Å². The van der Waals surface area contributed by atoms with Crippen molar-refractivity contribution in [1.82, 2.24) is 9.80 Å². The van der Waals surface area contributed by atoms with E-state index in [0.29, 0.717) is 65.0 Å². The molecule has 0 radical (unpaired) electrons. The van der Waals surface area contributed by atoms with Gasteiger partial charge in [-0.1, -0.05) is 108 Å². The molecule has 2 aliphatic rings. The van der Waals surface area contributed by atoms with Crippen molar-refractivity contribution in [3.8, 4) is 0 Å². The standard InChI is InChI=1S/C28H25ClF6N2O2.C21H21F6NO.C8H19N.C7H4ClNO.C7H8O3S.CH2Cl2/c29-23-7-9-24(10-8-23)36-25(38)37-12-4-11-26(17-37,20-5-2-1-3-6-20)18-39-16-19-13-21(27(30,31)32)15-22(14-19)28(33,34)35;22-20(23,24)17-9-15(10-18(11-17)21(25,26)27)12-29-14-19(7-4-8-28-13-19)16-5-2-1-3-6-16;1-6-9(7(2)3)8(4)5;8-6-1-3-7(4-2-6)9-5-10;1-6-2-4-7(5-3-6)11(8,9)10;2-1-3/h1-3,5-10,13-15H,4,11-12,16-18H2,(H,36,38);1-3,5-6,9-11,28H,4,7-8,12-14H2;7-8H,6H2,1-5H3;1-4H;2-5H,1H3,(H,8,9,10);1H2. The van der Waals surface area contributed by atoms with Crippen LogP contribution in [0.1, 0.15) is 110 Å². The lowest BCUT2D eigenvalue weighted by Gasteiger charge is -2.43. The molecular weight excluding hydrogens is 1450 g/mol. The van der Waals surface area contributed by atoms with E-state index in [1.165, 1.54) is 18.2 Å². The van der Waals surface area contributed by atoms with Crippen LogP contribution in [0.2, 0.25) is 10.0 Å². The Labute approximate surface area is 601 Å². The summed E-state index contributed by atoms with van der Waals surface area (Å²) in [6.45, 7) is 16.0. The van der Waals surface area contributed by atoms with Crippen LogP contribution in [0, 0.1) is 6.92 Å². The smallest absolute Gasteiger partial charge is 0.416 e. The minimum atomic E-state index is -4.94. The van der Waals surface area contributed by atoms with Crippen LogP contribution in [0.4, 0.5) is 68.9 Å². The monoisotopic (exact) mass is 1530 g/mol. The third-order valence-electron chi connectivity index (χ3n) is 15.9. The summed E-state index contributed by atoms with van der Waals surface area (Å²) >= 11 is 21.0. The second kappa shape index (κ2) is 40.4. The Morgan fingerprint density at radius 3 is 1.41 bits per heavy atom. The van der Waals surface area contributed by atoms with Gasteiger partial charge >= 0.3 is 30.7 Å². The number of nitrogens with zero attached hydrogens (tertiary/aromatic N) is 3. The molecule has 2 unspecified atom stereocenters. The number of hydrogen-bond acceptors (Lipinski definition) is 9. The maximum absolute atomic E-state index is 13.3. The number of anilines is 1. The Morgan fingerprint density at radius 2 is 1.04 bits per heavy atom. The summed E-state index contributed by atoms with van der Waals surface area (Å²) in [4.78, 5) is 30.1. The minimum Gasteiger partial charge on any atom is -0.744 e. The topological polar surface area (TPSA) is 157 Å². The highest BCUT2D eigenvalue weighted by Crippen LogP contribution is 2.40. The zero-order valence-electron chi connectivity index (χ0n) is 56.0. The van der Waals surface area contributed by atoms with Crippen molar-refractivity contribution in [1.29, 1.82) is 0 Å². The molecule has 9 rings (SSSR count). The van der Waals surface area contributed by atoms with Crippen molar-refractivity contribution in [2.45, 2.75) is 133 Å². The highest BCUT2D eigenvalue weighted by Gasteiger charge is 2.42. The number of aliphatic imine (C=N–C) groups is 1. The average molecular weight is 1530 g/mol.